The number of hydrogen-bond donors (Lipinski definition) is 1. The molecule has 37 heavy (non-hydrogen) atoms. The predicted molar refractivity (Wildman–Crippen MR) is 138 cm³/mol. The smallest absolute Gasteiger partial charge is 0.249 e. The van der Waals surface area contributed by atoms with Crippen molar-refractivity contribution in [3.05, 3.63) is 84.2 Å². The largest absolute Gasteiger partial charge is 0.497 e. The average Bonchev–Trinajstić information content (AvgIpc) is 3.58. The molecule has 0 saturated heterocycles. The zero-order chi connectivity index (χ0) is 25.8. The number of methoxy groups -OCH3 is 1. The van der Waals surface area contributed by atoms with Gasteiger partial charge >= 0.3 is 0 Å². The fraction of sp³-hybridized carbons (Fsp3) is 0.286. The molecule has 9 heteroatoms. The lowest BCUT2D eigenvalue weighted by Crippen LogP contribution is -2.47. The predicted octanol–water partition coefficient (Wildman–Crippen LogP) is 4.41. The maximum atomic E-state index is 14.0. The zero-order valence-corrected chi connectivity index (χ0v) is 20.5. The summed E-state index contributed by atoms with van der Waals surface area (Å²) in [6, 6.07) is 19.0. The molecular formula is C28H28FN5O3. The number of fused-ring (bicyclic) bond motifs is 1. The van der Waals surface area contributed by atoms with Gasteiger partial charge in [-0.15, -0.1) is 5.10 Å². The molecule has 1 unspecified atom stereocenters. The average molecular weight is 502 g/mol. The molecule has 1 saturated carbocycles. The van der Waals surface area contributed by atoms with E-state index in [-0.39, 0.29) is 18.5 Å². The fourth-order valence-corrected chi connectivity index (χ4v) is 4.86. The number of carbonyl (C=O) groups excluding carboxylic acids is 2. The van der Waals surface area contributed by atoms with Crippen molar-refractivity contribution in [3.8, 4) is 5.75 Å². The highest BCUT2D eigenvalue weighted by molar-refractivity contribution is 6.01. The van der Waals surface area contributed by atoms with E-state index in [9.17, 15) is 14.0 Å². The lowest BCUT2D eigenvalue weighted by molar-refractivity contribution is -0.127. The number of amides is 2. The number of rotatable bonds is 8. The third-order valence-electron chi connectivity index (χ3n) is 6.70. The Kier molecular flexibility index (Phi) is 7.11. The summed E-state index contributed by atoms with van der Waals surface area (Å²) in [6.45, 7) is -0.158. The van der Waals surface area contributed by atoms with Crippen molar-refractivity contribution in [1.29, 1.82) is 0 Å². The molecule has 1 aromatic heterocycles. The van der Waals surface area contributed by atoms with Gasteiger partial charge in [0.1, 0.15) is 29.7 Å². The Labute approximate surface area is 214 Å². The number of halogens is 1. The number of anilines is 1. The molecule has 0 aliphatic heterocycles. The number of benzene rings is 3. The highest BCUT2D eigenvalue weighted by Gasteiger charge is 2.35. The maximum Gasteiger partial charge on any atom is 0.249 e. The highest BCUT2D eigenvalue weighted by Crippen LogP contribution is 2.31. The normalized spacial score (nSPS) is 14.4. The van der Waals surface area contributed by atoms with Crippen molar-refractivity contribution in [2.45, 2.75) is 44.3 Å². The van der Waals surface area contributed by atoms with Crippen LogP contribution >= 0.6 is 0 Å². The van der Waals surface area contributed by atoms with Gasteiger partial charge in [-0.25, -0.2) is 9.07 Å². The number of para-hydroxylation sites is 1. The molecule has 4 aromatic rings. The van der Waals surface area contributed by atoms with E-state index < -0.39 is 17.8 Å². The van der Waals surface area contributed by atoms with Gasteiger partial charge in [0.2, 0.25) is 11.8 Å². The molecule has 0 radical (unpaired) electrons. The minimum Gasteiger partial charge on any atom is -0.497 e. The van der Waals surface area contributed by atoms with E-state index in [4.69, 9.17) is 4.74 Å². The lowest BCUT2D eigenvalue weighted by Gasteiger charge is -2.32. The summed E-state index contributed by atoms with van der Waals surface area (Å²) in [5, 5.41) is 11.4. The minimum absolute atomic E-state index is 0.0463. The van der Waals surface area contributed by atoms with Crippen LogP contribution in [0.4, 0.5) is 10.1 Å². The van der Waals surface area contributed by atoms with Crippen LogP contribution in [0.25, 0.3) is 11.0 Å². The summed E-state index contributed by atoms with van der Waals surface area (Å²) >= 11 is 0. The van der Waals surface area contributed by atoms with Crippen molar-refractivity contribution in [2.75, 3.05) is 12.0 Å². The van der Waals surface area contributed by atoms with Crippen LogP contribution in [0.5, 0.6) is 5.75 Å². The Hall–Kier alpha value is -4.27. The Morgan fingerprint density at radius 2 is 1.84 bits per heavy atom. The first-order chi connectivity index (χ1) is 18.0. The molecule has 8 nitrogen and oxygen atoms in total. The van der Waals surface area contributed by atoms with Crippen molar-refractivity contribution in [1.82, 2.24) is 20.3 Å². The third-order valence-corrected chi connectivity index (χ3v) is 6.70. The molecule has 1 aliphatic carbocycles. The topological polar surface area (TPSA) is 89.4 Å². The van der Waals surface area contributed by atoms with Gasteiger partial charge in [0.15, 0.2) is 0 Å². The van der Waals surface area contributed by atoms with Crippen LogP contribution in [-0.2, 0) is 16.1 Å². The number of carbonyl (C=O) groups is 2. The molecule has 5 rings (SSSR count). The van der Waals surface area contributed by atoms with Crippen LogP contribution in [0.2, 0.25) is 0 Å². The van der Waals surface area contributed by atoms with Crippen LogP contribution in [0.15, 0.2) is 72.8 Å². The highest BCUT2D eigenvalue weighted by atomic mass is 19.1. The monoisotopic (exact) mass is 501 g/mol. The zero-order valence-electron chi connectivity index (χ0n) is 20.5. The van der Waals surface area contributed by atoms with Gasteiger partial charge in [0.25, 0.3) is 0 Å². The molecule has 1 heterocycles. The van der Waals surface area contributed by atoms with Crippen LogP contribution in [0.1, 0.15) is 37.3 Å². The van der Waals surface area contributed by atoms with Crippen LogP contribution in [-0.4, -0.2) is 40.0 Å². The first kappa shape index (κ1) is 24.4. The number of nitrogens with zero attached hydrogens (tertiary/aromatic N) is 4. The summed E-state index contributed by atoms with van der Waals surface area (Å²) < 4.78 is 20.8. The Balaban J connectivity index is 1.58. The van der Waals surface area contributed by atoms with Gasteiger partial charge in [-0.05, 0) is 66.9 Å². The van der Waals surface area contributed by atoms with Gasteiger partial charge in [0.05, 0.1) is 12.6 Å². The second-order valence-corrected chi connectivity index (χ2v) is 9.15. The molecule has 1 N–H and O–H groups in total. The SMILES string of the molecule is COc1cccc(C(C(=O)NC2CCCC2)N(C(=O)Cn2nnc3ccccc32)c2ccc(F)cc2)c1. The number of nitrogens with one attached hydrogen (secondary N) is 1. The van der Waals surface area contributed by atoms with E-state index >= 15 is 0 Å². The Bertz CT molecular complexity index is 1400. The standard InChI is InChI=1S/C28H28FN5O3/c1-37-23-10-6-7-19(17-23)27(28(36)30-21-8-2-3-9-21)34(22-15-13-20(29)14-16-22)26(35)18-33-25-12-5-4-11-24(25)31-32-33/h4-7,10-17,21,27H,2-3,8-9,18H2,1H3,(H,30,36). The molecule has 2 amide bonds. The lowest BCUT2D eigenvalue weighted by atomic mass is 10.0. The van der Waals surface area contributed by atoms with Gasteiger partial charge < -0.3 is 10.1 Å². The molecule has 0 spiro atoms. The van der Waals surface area contributed by atoms with Crippen LogP contribution in [0.3, 0.4) is 0 Å². The third kappa shape index (κ3) is 5.30. The van der Waals surface area contributed by atoms with E-state index in [1.54, 1.807) is 31.4 Å². The van der Waals surface area contributed by atoms with E-state index in [1.807, 2.05) is 24.3 Å². The number of aromatic nitrogens is 3. The molecule has 0 bridgehead atoms. The molecule has 1 fully saturated rings. The minimum atomic E-state index is -1.01. The van der Waals surface area contributed by atoms with Gasteiger partial charge in [-0.2, -0.15) is 0 Å². The summed E-state index contributed by atoms with van der Waals surface area (Å²) in [6.07, 6.45) is 3.89. The van der Waals surface area contributed by atoms with Crippen molar-refractivity contribution in [3.63, 3.8) is 0 Å². The summed E-state index contributed by atoms with van der Waals surface area (Å²) in [5.74, 6) is -0.574. The second kappa shape index (κ2) is 10.8. The summed E-state index contributed by atoms with van der Waals surface area (Å²) in [7, 11) is 1.55. The van der Waals surface area contributed by atoms with Gasteiger partial charge in [0, 0.05) is 11.7 Å². The van der Waals surface area contributed by atoms with E-state index in [0.29, 0.717) is 28.0 Å². The quantitative estimate of drug-likeness (QED) is 0.386. The van der Waals surface area contributed by atoms with E-state index in [1.165, 1.54) is 33.8 Å². The van der Waals surface area contributed by atoms with Crippen LogP contribution in [0, 0.1) is 5.82 Å². The first-order valence-corrected chi connectivity index (χ1v) is 12.3. The second-order valence-electron chi connectivity index (χ2n) is 9.15. The van der Waals surface area contributed by atoms with Gasteiger partial charge in [-0.1, -0.05) is 42.3 Å². The van der Waals surface area contributed by atoms with Crippen molar-refractivity contribution in [2.24, 2.45) is 0 Å². The van der Waals surface area contributed by atoms with Crippen LogP contribution < -0.4 is 15.0 Å². The Morgan fingerprint density at radius 1 is 1.08 bits per heavy atom. The summed E-state index contributed by atoms with van der Waals surface area (Å²) in [5.41, 5.74) is 2.33. The molecular weight excluding hydrogens is 473 g/mol. The van der Waals surface area contributed by atoms with Crippen molar-refractivity contribution >= 4 is 28.5 Å². The van der Waals surface area contributed by atoms with E-state index in [2.05, 4.69) is 15.6 Å². The number of ether oxygens (including phenoxy) is 1. The molecule has 1 aliphatic rings. The fourth-order valence-electron chi connectivity index (χ4n) is 4.86. The number of hydrogen-bond acceptors (Lipinski definition) is 5. The maximum absolute atomic E-state index is 14.0. The molecule has 3 aromatic carbocycles. The van der Waals surface area contributed by atoms with Crippen molar-refractivity contribution < 1.29 is 18.7 Å². The van der Waals surface area contributed by atoms with E-state index in [0.717, 1.165) is 25.7 Å². The van der Waals surface area contributed by atoms with Gasteiger partial charge in [-0.3, -0.25) is 14.5 Å². The molecule has 1 atom stereocenters. The summed E-state index contributed by atoms with van der Waals surface area (Å²) in [4.78, 5) is 29.2. The first-order valence-electron chi connectivity index (χ1n) is 12.3. The molecule has 190 valence electrons. The Morgan fingerprint density at radius 3 is 2.59 bits per heavy atom.